The molecular weight excluding hydrogens is 416 g/mol. The number of benzene rings is 3. The van der Waals surface area contributed by atoms with Crippen molar-refractivity contribution in [3.63, 3.8) is 0 Å². The van der Waals surface area contributed by atoms with Gasteiger partial charge in [-0.1, -0.05) is 62.1 Å². The van der Waals surface area contributed by atoms with Gasteiger partial charge in [0.1, 0.15) is 11.2 Å². The van der Waals surface area contributed by atoms with Crippen LogP contribution >= 0.6 is 0 Å². The maximum absolute atomic E-state index is 9.86. The highest BCUT2D eigenvalue weighted by molar-refractivity contribution is 6.12. The smallest absolute Gasteiger partial charge is 0.146 e. The lowest BCUT2D eigenvalue weighted by Gasteiger charge is -2.12. The van der Waals surface area contributed by atoms with Crippen molar-refractivity contribution in [3.05, 3.63) is 89.6 Å². The number of nitrogens with zero attached hydrogens (tertiary/aromatic N) is 2. The van der Waals surface area contributed by atoms with E-state index in [2.05, 4.69) is 11.1 Å². The Hall–Kier alpha value is -3.90. The largest absolute Gasteiger partial charge is 0.455 e. The van der Waals surface area contributed by atoms with Gasteiger partial charge in [-0.3, -0.25) is 4.98 Å². The number of hydrogen-bond donors (Lipinski definition) is 0. The maximum Gasteiger partial charge on any atom is 0.146 e. The molecule has 1 aliphatic carbocycles. The molecule has 0 unspecified atom stereocenters. The van der Waals surface area contributed by atoms with E-state index in [-0.39, 0.29) is 17.0 Å². The third-order valence-corrected chi connectivity index (χ3v) is 6.74. The first-order valence-electron chi connectivity index (χ1n) is 14.1. The fourth-order valence-corrected chi connectivity index (χ4v) is 4.99. The van der Waals surface area contributed by atoms with Crippen LogP contribution in [0, 0.1) is 24.1 Å². The summed E-state index contributed by atoms with van der Waals surface area (Å²) in [7, 11) is 0. The molecule has 0 spiro atoms. The van der Waals surface area contributed by atoms with Crippen LogP contribution < -0.4 is 0 Å². The zero-order valence-corrected chi connectivity index (χ0v) is 18.6. The van der Waals surface area contributed by atoms with Gasteiger partial charge in [-0.05, 0) is 71.7 Å². The zero-order valence-electron chi connectivity index (χ0n) is 23.6. The number of aryl methyl sites for hydroxylation is 1. The van der Waals surface area contributed by atoms with Crippen molar-refractivity contribution in [2.24, 2.45) is 5.92 Å². The number of hydrogen-bond acceptors (Lipinski definition) is 3. The summed E-state index contributed by atoms with van der Waals surface area (Å²) >= 11 is 0. The fourth-order valence-electron chi connectivity index (χ4n) is 4.99. The highest BCUT2D eigenvalue weighted by atomic mass is 16.3. The molecule has 1 aliphatic rings. The van der Waals surface area contributed by atoms with Crippen molar-refractivity contribution >= 4 is 21.9 Å². The van der Waals surface area contributed by atoms with Crippen molar-refractivity contribution < 1.29 is 11.3 Å². The summed E-state index contributed by atoms with van der Waals surface area (Å²) in [5.41, 5.74) is 4.53. The summed E-state index contributed by atoms with van der Waals surface area (Å²) in [4.78, 5) is 4.57. The minimum atomic E-state index is -2.52. The maximum atomic E-state index is 9.86. The lowest BCUT2D eigenvalue weighted by Crippen LogP contribution is -2.02. The van der Waals surface area contributed by atoms with Crippen LogP contribution in [0.15, 0.2) is 77.3 Å². The van der Waals surface area contributed by atoms with Gasteiger partial charge in [-0.15, -0.1) is 0 Å². The summed E-state index contributed by atoms with van der Waals surface area (Å²) in [6, 6.07) is 22.9. The van der Waals surface area contributed by atoms with Gasteiger partial charge < -0.3 is 4.42 Å². The quantitative estimate of drug-likeness (QED) is 0.279. The van der Waals surface area contributed by atoms with E-state index in [1.807, 2.05) is 48.5 Å². The summed E-state index contributed by atoms with van der Waals surface area (Å²) in [6.07, 6.45) is 2.94. The molecule has 34 heavy (non-hydrogen) atoms. The van der Waals surface area contributed by atoms with Crippen molar-refractivity contribution in [2.75, 3.05) is 0 Å². The minimum Gasteiger partial charge on any atom is -0.455 e. The van der Waals surface area contributed by atoms with E-state index in [4.69, 9.17) is 11.3 Å². The van der Waals surface area contributed by atoms with Crippen LogP contribution in [0.4, 0.5) is 0 Å². The molecule has 0 atom stereocenters. The molecule has 0 bridgehead atoms. The number of pyridine rings is 1. The number of nitriles is 1. The van der Waals surface area contributed by atoms with E-state index >= 15 is 0 Å². The van der Waals surface area contributed by atoms with E-state index in [1.54, 1.807) is 12.1 Å². The number of rotatable bonds is 4. The standard InChI is InChI=1S/C31H26N2O/c1-20-15-28(33-19-25(20)16-21-7-5-6-8-21)26-13-12-24(18-32)30-27-14-11-23(17-29(27)34-31(26)30)22-9-3-2-4-10-22/h2-4,9-15,17,19,21H,5-8,16H2,1H3/i1D3,16D2. The van der Waals surface area contributed by atoms with Gasteiger partial charge in [0.2, 0.25) is 0 Å². The summed E-state index contributed by atoms with van der Waals surface area (Å²) in [6.45, 7) is -2.52. The Morgan fingerprint density at radius 3 is 2.71 bits per heavy atom. The predicted molar refractivity (Wildman–Crippen MR) is 138 cm³/mol. The molecule has 1 saturated carbocycles. The third-order valence-electron chi connectivity index (χ3n) is 6.74. The van der Waals surface area contributed by atoms with Crippen LogP contribution in [0.5, 0.6) is 0 Å². The molecule has 5 aromatic rings. The predicted octanol–water partition coefficient (Wildman–Crippen LogP) is 8.23. The van der Waals surface area contributed by atoms with E-state index in [0.29, 0.717) is 33.4 Å². The minimum absolute atomic E-state index is 0.0376. The van der Waals surface area contributed by atoms with Crippen molar-refractivity contribution in [1.82, 2.24) is 4.98 Å². The fraction of sp³-hybridized carbons (Fsp3) is 0.226. The first kappa shape index (κ1) is 15.9. The molecular formula is C31H26N2O. The Morgan fingerprint density at radius 2 is 1.91 bits per heavy atom. The van der Waals surface area contributed by atoms with Crippen molar-refractivity contribution in [2.45, 2.75) is 38.9 Å². The normalized spacial score (nSPS) is 17.1. The van der Waals surface area contributed by atoms with Crippen molar-refractivity contribution in [1.29, 1.82) is 5.26 Å². The first-order chi connectivity index (χ1) is 18.7. The molecule has 0 N–H and O–H groups in total. The Balaban J connectivity index is 1.54. The molecule has 166 valence electrons. The number of furan rings is 1. The van der Waals surface area contributed by atoms with Crippen LogP contribution in [-0.2, 0) is 6.37 Å². The van der Waals surface area contributed by atoms with Crippen LogP contribution in [-0.4, -0.2) is 4.98 Å². The highest BCUT2D eigenvalue weighted by Gasteiger charge is 2.19. The molecule has 3 aromatic carbocycles. The molecule has 0 aliphatic heterocycles. The van der Waals surface area contributed by atoms with Gasteiger partial charge in [0, 0.05) is 29.4 Å². The van der Waals surface area contributed by atoms with Crippen LogP contribution in [0.25, 0.3) is 44.3 Å². The molecule has 0 amide bonds. The number of fused-ring (bicyclic) bond motifs is 3. The lowest BCUT2D eigenvalue weighted by atomic mass is 9.95. The van der Waals surface area contributed by atoms with E-state index in [1.165, 1.54) is 12.3 Å². The van der Waals surface area contributed by atoms with Crippen LogP contribution in [0.3, 0.4) is 0 Å². The molecule has 6 rings (SSSR count). The number of aromatic nitrogens is 1. The van der Waals surface area contributed by atoms with E-state index < -0.39 is 13.2 Å². The topological polar surface area (TPSA) is 49.8 Å². The molecule has 2 aromatic heterocycles. The van der Waals surface area contributed by atoms with Crippen LogP contribution in [0.1, 0.15) is 49.2 Å². The molecule has 3 heteroatoms. The van der Waals surface area contributed by atoms with E-state index in [0.717, 1.165) is 42.2 Å². The molecule has 0 saturated heterocycles. The summed E-state index contributed by atoms with van der Waals surface area (Å²) in [5, 5.41) is 11.3. The van der Waals surface area contributed by atoms with Gasteiger partial charge in [0.05, 0.1) is 17.3 Å². The second kappa shape index (κ2) is 8.47. The highest BCUT2D eigenvalue weighted by Crippen LogP contribution is 2.39. The summed E-state index contributed by atoms with van der Waals surface area (Å²) in [5.74, 6) is -0.234. The lowest BCUT2D eigenvalue weighted by molar-refractivity contribution is 0.544. The Kier molecular flexibility index (Phi) is 3.95. The second-order valence-corrected chi connectivity index (χ2v) is 8.90. The average molecular weight is 448 g/mol. The van der Waals surface area contributed by atoms with E-state index in [9.17, 15) is 5.26 Å². The van der Waals surface area contributed by atoms with Gasteiger partial charge in [0.25, 0.3) is 0 Å². The third kappa shape index (κ3) is 3.56. The SMILES string of the molecule is [2H]C([2H])([2H])c1cc(-c2ccc(C#N)c3c2oc2cc(-c4ccccc4)ccc23)ncc1C([2H])([2H])C1CCCC1. The molecule has 3 nitrogen and oxygen atoms in total. The monoisotopic (exact) mass is 447 g/mol. The Labute approximate surface area is 206 Å². The first-order valence-corrected chi connectivity index (χ1v) is 11.6. The van der Waals surface area contributed by atoms with Gasteiger partial charge >= 0.3 is 0 Å². The average Bonchev–Trinajstić information content (AvgIpc) is 3.61. The Bertz CT molecular complexity index is 1740. The molecule has 0 radical (unpaired) electrons. The zero-order chi connectivity index (χ0) is 27.4. The summed E-state index contributed by atoms with van der Waals surface area (Å²) < 4.78 is 48.7. The van der Waals surface area contributed by atoms with Gasteiger partial charge in [-0.25, -0.2) is 0 Å². The van der Waals surface area contributed by atoms with Gasteiger partial charge in [0.15, 0.2) is 0 Å². The van der Waals surface area contributed by atoms with Crippen molar-refractivity contribution in [3.8, 4) is 28.5 Å². The van der Waals surface area contributed by atoms with Crippen LogP contribution in [0.2, 0.25) is 0 Å². The molecule has 1 fully saturated rings. The Morgan fingerprint density at radius 1 is 1.06 bits per heavy atom. The molecule has 2 heterocycles. The second-order valence-electron chi connectivity index (χ2n) is 8.90. The van der Waals surface area contributed by atoms with Gasteiger partial charge in [-0.2, -0.15) is 5.26 Å².